The van der Waals surface area contributed by atoms with E-state index in [1.165, 1.54) is 12.1 Å². The van der Waals surface area contributed by atoms with E-state index in [1.54, 1.807) is 37.3 Å². The van der Waals surface area contributed by atoms with Crippen LogP contribution in [0.15, 0.2) is 36.4 Å². The van der Waals surface area contributed by atoms with Crippen LogP contribution in [0.4, 0.5) is 4.39 Å². The molecule has 0 fully saturated rings. The quantitative estimate of drug-likeness (QED) is 0.745. The van der Waals surface area contributed by atoms with Gasteiger partial charge in [0.1, 0.15) is 11.5 Å². The van der Waals surface area contributed by atoms with Gasteiger partial charge in [0.25, 0.3) is 5.91 Å². The van der Waals surface area contributed by atoms with Crippen LogP contribution in [0, 0.1) is 5.82 Å². The second kappa shape index (κ2) is 8.61. The van der Waals surface area contributed by atoms with E-state index in [9.17, 15) is 9.18 Å². The van der Waals surface area contributed by atoms with Gasteiger partial charge in [-0.25, -0.2) is 4.39 Å². The van der Waals surface area contributed by atoms with E-state index in [-0.39, 0.29) is 11.7 Å². The number of nitrogens with zero attached hydrogens (tertiary/aromatic N) is 2. The van der Waals surface area contributed by atoms with Gasteiger partial charge in [-0.05, 0) is 42.0 Å². The van der Waals surface area contributed by atoms with Gasteiger partial charge in [-0.15, -0.1) is 0 Å². The minimum atomic E-state index is -0.283. The number of hydrogen-bond donors (Lipinski definition) is 0. The number of methoxy groups -OCH3 is 2. The predicted molar refractivity (Wildman–Crippen MR) is 90.5 cm³/mol. The van der Waals surface area contributed by atoms with Crippen LogP contribution >= 0.6 is 0 Å². The van der Waals surface area contributed by atoms with E-state index in [2.05, 4.69) is 0 Å². The molecule has 0 bridgehead atoms. The zero-order valence-corrected chi connectivity index (χ0v) is 14.3. The minimum absolute atomic E-state index is 0.0834. The highest BCUT2D eigenvalue weighted by Gasteiger charge is 2.19. The van der Waals surface area contributed by atoms with Crippen molar-refractivity contribution < 1.29 is 18.7 Å². The number of rotatable bonds is 8. The Bertz CT molecular complexity index is 659. The topological polar surface area (TPSA) is 43.7 Å². The third-order valence-electron chi connectivity index (χ3n) is 3.90. The molecule has 2 rings (SSSR count). The Balaban J connectivity index is 2.23. The monoisotopic (exact) mass is 334 g/mol. The molecule has 0 spiro atoms. The largest absolute Gasteiger partial charge is 0.383 e. The molecule has 0 aliphatic carbocycles. The second-order valence-corrected chi connectivity index (χ2v) is 5.45. The molecule has 0 saturated heterocycles. The Hall–Kier alpha value is -2.18. The molecule has 2 aromatic rings. The Morgan fingerprint density at radius 1 is 1.04 bits per heavy atom. The summed E-state index contributed by atoms with van der Waals surface area (Å²) >= 11 is 0. The fourth-order valence-corrected chi connectivity index (χ4v) is 2.52. The first kappa shape index (κ1) is 18.2. The molecule has 1 aromatic heterocycles. The summed E-state index contributed by atoms with van der Waals surface area (Å²) in [5, 5.41) is 0. The standard InChI is InChI=1S/C18H23FN2O3/c1-20-16(14-4-6-15(19)7-5-14)8-9-17(20)18(22)21(10-12-23-2)11-13-24-3/h4-9H,10-13H2,1-3H3. The summed E-state index contributed by atoms with van der Waals surface area (Å²) in [4.78, 5) is 14.5. The lowest BCUT2D eigenvalue weighted by Gasteiger charge is -2.22. The van der Waals surface area contributed by atoms with Crippen molar-refractivity contribution in [2.75, 3.05) is 40.5 Å². The summed E-state index contributed by atoms with van der Waals surface area (Å²) in [6.07, 6.45) is 0. The number of benzene rings is 1. The van der Waals surface area contributed by atoms with E-state index in [1.807, 2.05) is 17.7 Å². The van der Waals surface area contributed by atoms with Gasteiger partial charge >= 0.3 is 0 Å². The highest BCUT2D eigenvalue weighted by Crippen LogP contribution is 2.22. The van der Waals surface area contributed by atoms with Crippen LogP contribution in [-0.2, 0) is 16.5 Å². The van der Waals surface area contributed by atoms with Crippen molar-refractivity contribution in [2.45, 2.75) is 0 Å². The molecule has 5 nitrogen and oxygen atoms in total. The molecule has 24 heavy (non-hydrogen) atoms. The van der Waals surface area contributed by atoms with Crippen molar-refractivity contribution in [3.8, 4) is 11.3 Å². The van der Waals surface area contributed by atoms with Crippen LogP contribution < -0.4 is 0 Å². The summed E-state index contributed by atoms with van der Waals surface area (Å²) in [7, 11) is 5.04. The molecule has 0 atom stereocenters. The zero-order chi connectivity index (χ0) is 17.5. The van der Waals surface area contributed by atoms with Crippen molar-refractivity contribution in [3.63, 3.8) is 0 Å². The minimum Gasteiger partial charge on any atom is -0.383 e. The summed E-state index contributed by atoms with van der Waals surface area (Å²) in [6, 6.07) is 9.87. The molecule has 0 aliphatic heterocycles. The van der Waals surface area contributed by atoms with E-state index < -0.39 is 0 Å². The third-order valence-corrected chi connectivity index (χ3v) is 3.90. The summed E-state index contributed by atoms with van der Waals surface area (Å²) in [5.41, 5.74) is 2.29. The number of hydrogen-bond acceptors (Lipinski definition) is 3. The first-order chi connectivity index (χ1) is 11.6. The van der Waals surface area contributed by atoms with Crippen molar-refractivity contribution in [1.29, 1.82) is 0 Å². The fourth-order valence-electron chi connectivity index (χ4n) is 2.52. The van der Waals surface area contributed by atoms with E-state index >= 15 is 0 Å². The smallest absolute Gasteiger partial charge is 0.270 e. The van der Waals surface area contributed by atoms with Gasteiger partial charge in [0, 0.05) is 40.1 Å². The normalized spacial score (nSPS) is 10.8. The van der Waals surface area contributed by atoms with E-state index in [0.29, 0.717) is 32.0 Å². The Kier molecular flexibility index (Phi) is 6.52. The molecule has 1 heterocycles. The molecule has 130 valence electrons. The maximum Gasteiger partial charge on any atom is 0.270 e. The molecular weight excluding hydrogens is 311 g/mol. The van der Waals surface area contributed by atoms with Crippen molar-refractivity contribution in [3.05, 3.63) is 47.9 Å². The molecule has 6 heteroatoms. The third kappa shape index (κ3) is 4.21. The average Bonchev–Trinajstić information content (AvgIpc) is 2.97. The summed E-state index contributed by atoms with van der Waals surface area (Å²) in [6.45, 7) is 1.92. The molecule has 0 N–H and O–H groups in total. The van der Waals surface area contributed by atoms with Gasteiger partial charge in [0.15, 0.2) is 0 Å². The lowest BCUT2D eigenvalue weighted by molar-refractivity contribution is 0.0618. The Labute approximate surface area is 141 Å². The van der Waals surface area contributed by atoms with Crippen LogP contribution in [0.25, 0.3) is 11.3 Å². The Morgan fingerprint density at radius 3 is 2.17 bits per heavy atom. The maximum absolute atomic E-state index is 13.1. The summed E-state index contributed by atoms with van der Waals surface area (Å²) < 4.78 is 25.1. The van der Waals surface area contributed by atoms with E-state index in [0.717, 1.165) is 11.3 Å². The number of halogens is 1. The number of carbonyl (C=O) groups is 1. The van der Waals surface area contributed by atoms with Crippen LogP contribution in [0.3, 0.4) is 0 Å². The van der Waals surface area contributed by atoms with Gasteiger partial charge in [-0.2, -0.15) is 0 Å². The number of amides is 1. The van der Waals surface area contributed by atoms with Crippen molar-refractivity contribution in [1.82, 2.24) is 9.47 Å². The lowest BCUT2D eigenvalue weighted by Crippen LogP contribution is -2.37. The lowest BCUT2D eigenvalue weighted by atomic mass is 10.1. The maximum atomic E-state index is 13.1. The molecule has 0 aliphatic rings. The molecular formula is C18H23FN2O3. The van der Waals surface area contributed by atoms with Gasteiger partial charge in [-0.3, -0.25) is 4.79 Å². The highest BCUT2D eigenvalue weighted by molar-refractivity contribution is 5.94. The molecule has 1 amide bonds. The van der Waals surface area contributed by atoms with Gasteiger partial charge in [-0.1, -0.05) is 0 Å². The van der Waals surface area contributed by atoms with Crippen LogP contribution in [0.5, 0.6) is 0 Å². The van der Waals surface area contributed by atoms with Gasteiger partial charge < -0.3 is 18.9 Å². The van der Waals surface area contributed by atoms with Crippen LogP contribution in [-0.4, -0.2) is 55.9 Å². The van der Waals surface area contributed by atoms with Crippen molar-refractivity contribution in [2.24, 2.45) is 7.05 Å². The first-order valence-electron chi connectivity index (χ1n) is 7.77. The van der Waals surface area contributed by atoms with E-state index in [4.69, 9.17) is 9.47 Å². The van der Waals surface area contributed by atoms with Crippen LogP contribution in [0.2, 0.25) is 0 Å². The molecule has 1 aromatic carbocycles. The molecule has 0 radical (unpaired) electrons. The number of carbonyl (C=O) groups excluding carboxylic acids is 1. The van der Waals surface area contributed by atoms with Gasteiger partial charge in [0.05, 0.1) is 13.2 Å². The van der Waals surface area contributed by atoms with Crippen molar-refractivity contribution >= 4 is 5.91 Å². The predicted octanol–water partition coefficient (Wildman–Crippen LogP) is 2.57. The average molecular weight is 334 g/mol. The Morgan fingerprint density at radius 2 is 1.62 bits per heavy atom. The molecule has 0 unspecified atom stereocenters. The SMILES string of the molecule is COCCN(CCOC)C(=O)c1ccc(-c2ccc(F)cc2)n1C. The number of aromatic nitrogens is 1. The summed E-state index contributed by atoms with van der Waals surface area (Å²) in [5.74, 6) is -0.366. The van der Waals surface area contributed by atoms with Gasteiger partial charge in [0.2, 0.25) is 0 Å². The molecule has 0 saturated carbocycles. The van der Waals surface area contributed by atoms with Crippen LogP contribution in [0.1, 0.15) is 10.5 Å². The second-order valence-electron chi connectivity index (χ2n) is 5.45. The fraction of sp³-hybridized carbons (Fsp3) is 0.389. The highest BCUT2D eigenvalue weighted by atomic mass is 19.1. The first-order valence-corrected chi connectivity index (χ1v) is 7.77. The zero-order valence-electron chi connectivity index (χ0n) is 14.3. The number of ether oxygens (including phenoxy) is 2.